The lowest BCUT2D eigenvalue weighted by atomic mass is 9.84. The standard InChI is InChI=1S/C22H22F2N2O3/c1-14(2)21(15(3)12-19(23)24)22(27)29-18(13-25)17-10-7-11-20(26-17)28-16-8-5-4-6-9-16/h4-12,14-15,18,21H,1-3H3. The van der Waals surface area contributed by atoms with Gasteiger partial charge in [0.1, 0.15) is 11.8 Å². The summed E-state index contributed by atoms with van der Waals surface area (Å²) in [5, 5.41) is 9.47. The molecule has 0 saturated heterocycles. The van der Waals surface area contributed by atoms with Gasteiger partial charge in [-0.25, -0.2) is 4.98 Å². The van der Waals surface area contributed by atoms with Crippen molar-refractivity contribution in [1.29, 1.82) is 5.26 Å². The first kappa shape index (κ1) is 22.0. The summed E-state index contributed by atoms with van der Waals surface area (Å²) in [5.74, 6) is -1.75. The number of allylic oxidation sites excluding steroid dienone is 1. The van der Waals surface area contributed by atoms with E-state index in [2.05, 4.69) is 4.98 Å². The van der Waals surface area contributed by atoms with Crippen molar-refractivity contribution in [1.82, 2.24) is 4.98 Å². The number of hydrogen-bond donors (Lipinski definition) is 0. The van der Waals surface area contributed by atoms with Crippen molar-refractivity contribution in [3.05, 3.63) is 66.4 Å². The van der Waals surface area contributed by atoms with E-state index >= 15 is 0 Å². The monoisotopic (exact) mass is 400 g/mol. The fourth-order valence-electron chi connectivity index (χ4n) is 2.99. The molecule has 0 amide bonds. The highest BCUT2D eigenvalue weighted by Crippen LogP contribution is 2.28. The van der Waals surface area contributed by atoms with Crippen LogP contribution in [0.4, 0.5) is 8.78 Å². The molecule has 3 atom stereocenters. The maximum Gasteiger partial charge on any atom is 0.311 e. The molecule has 0 fully saturated rings. The second-order valence-corrected chi connectivity index (χ2v) is 6.85. The zero-order valence-corrected chi connectivity index (χ0v) is 16.4. The first-order valence-electron chi connectivity index (χ1n) is 9.14. The van der Waals surface area contributed by atoms with Gasteiger partial charge >= 0.3 is 5.97 Å². The van der Waals surface area contributed by atoms with Gasteiger partial charge in [-0.3, -0.25) is 4.79 Å². The van der Waals surface area contributed by atoms with Crippen LogP contribution in [0.1, 0.15) is 32.6 Å². The van der Waals surface area contributed by atoms with Gasteiger partial charge in [0.15, 0.2) is 0 Å². The number of hydrogen-bond acceptors (Lipinski definition) is 5. The van der Waals surface area contributed by atoms with E-state index in [1.165, 1.54) is 13.0 Å². The minimum absolute atomic E-state index is 0.191. The van der Waals surface area contributed by atoms with Gasteiger partial charge in [0.05, 0.1) is 11.6 Å². The van der Waals surface area contributed by atoms with E-state index in [0.29, 0.717) is 5.75 Å². The summed E-state index contributed by atoms with van der Waals surface area (Å²) >= 11 is 0. The van der Waals surface area contributed by atoms with Crippen molar-refractivity contribution in [3.8, 4) is 17.7 Å². The van der Waals surface area contributed by atoms with Crippen molar-refractivity contribution < 1.29 is 23.0 Å². The predicted molar refractivity (Wildman–Crippen MR) is 103 cm³/mol. The molecule has 0 spiro atoms. The number of para-hydroxylation sites is 1. The van der Waals surface area contributed by atoms with Gasteiger partial charge in [-0.05, 0) is 36.1 Å². The second-order valence-electron chi connectivity index (χ2n) is 6.85. The Balaban J connectivity index is 2.18. The molecule has 1 aromatic heterocycles. The van der Waals surface area contributed by atoms with Gasteiger partial charge in [0.25, 0.3) is 6.08 Å². The highest BCUT2D eigenvalue weighted by molar-refractivity contribution is 5.74. The van der Waals surface area contributed by atoms with Crippen LogP contribution in [0.15, 0.2) is 60.7 Å². The van der Waals surface area contributed by atoms with Crippen LogP contribution in [-0.4, -0.2) is 11.0 Å². The van der Waals surface area contributed by atoms with E-state index in [1.807, 2.05) is 12.1 Å². The average Bonchev–Trinajstić information content (AvgIpc) is 2.66. The minimum Gasteiger partial charge on any atom is -0.440 e. The number of halogens is 2. The molecule has 0 radical (unpaired) electrons. The van der Waals surface area contributed by atoms with Crippen LogP contribution in [0.3, 0.4) is 0 Å². The Bertz CT molecular complexity index is 890. The first-order chi connectivity index (χ1) is 13.8. The average molecular weight is 400 g/mol. The maximum absolute atomic E-state index is 12.6. The van der Waals surface area contributed by atoms with Crippen LogP contribution in [0.5, 0.6) is 11.6 Å². The van der Waals surface area contributed by atoms with Crippen molar-refractivity contribution in [2.45, 2.75) is 26.9 Å². The fraction of sp³-hybridized carbons (Fsp3) is 0.318. The molecule has 29 heavy (non-hydrogen) atoms. The minimum atomic E-state index is -1.86. The number of ether oxygens (including phenoxy) is 2. The van der Waals surface area contributed by atoms with E-state index in [-0.39, 0.29) is 17.5 Å². The Hall–Kier alpha value is -3.27. The number of benzene rings is 1. The van der Waals surface area contributed by atoms with Crippen molar-refractivity contribution in [3.63, 3.8) is 0 Å². The third-order valence-electron chi connectivity index (χ3n) is 4.28. The summed E-state index contributed by atoms with van der Waals surface area (Å²) in [5.41, 5.74) is 0.191. The molecule has 7 heteroatoms. The first-order valence-corrected chi connectivity index (χ1v) is 9.14. The number of aromatic nitrogens is 1. The molecule has 0 aliphatic carbocycles. The Labute approximate surface area is 168 Å². The second kappa shape index (κ2) is 10.3. The summed E-state index contributed by atoms with van der Waals surface area (Å²) in [7, 11) is 0. The van der Waals surface area contributed by atoms with E-state index in [1.54, 1.807) is 50.2 Å². The highest BCUT2D eigenvalue weighted by atomic mass is 19.3. The third kappa shape index (κ3) is 6.39. The lowest BCUT2D eigenvalue weighted by Crippen LogP contribution is -2.29. The molecule has 152 valence electrons. The van der Waals surface area contributed by atoms with Crippen LogP contribution in [0.2, 0.25) is 0 Å². The molecule has 2 rings (SSSR count). The highest BCUT2D eigenvalue weighted by Gasteiger charge is 2.32. The smallest absolute Gasteiger partial charge is 0.311 e. The van der Waals surface area contributed by atoms with Gasteiger partial charge in [-0.1, -0.05) is 45.0 Å². The number of nitrogens with zero attached hydrogens (tertiary/aromatic N) is 2. The molecule has 0 N–H and O–H groups in total. The number of esters is 1. The van der Waals surface area contributed by atoms with Crippen molar-refractivity contribution >= 4 is 5.97 Å². The largest absolute Gasteiger partial charge is 0.440 e. The number of nitriles is 1. The molecule has 0 aliphatic rings. The van der Waals surface area contributed by atoms with Gasteiger partial charge in [0.2, 0.25) is 12.0 Å². The number of rotatable bonds is 8. The summed E-state index contributed by atoms with van der Waals surface area (Å²) in [6.45, 7) is 4.99. The topological polar surface area (TPSA) is 72.2 Å². The van der Waals surface area contributed by atoms with Crippen LogP contribution >= 0.6 is 0 Å². The Morgan fingerprint density at radius 2 is 1.79 bits per heavy atom. The van der Waals surface area contributed by atoms with Crippen LogP contribution in [0.25, 0.3) is 0 Å². The molecule has 2 aromatic rings. The van der Waals surface area contributed by atoms with Crippen LogP contribution < -0.4 is 4.74 Å². The van der Waals surface area contributed by atoms with E-state index in [9.17, 15) is 18.8 Å². The molecule has 1 heterocycles. The molecule has 5 nitrogen and oxygen atoms in total. The molecule has 0 bridgehead atoms. The summed E-state index contributed by atoms with van der Waals surface area (Å²) in [6, 6.07) is 15.6. The SMILES string of the molecule is CC(C)C(C(=O)OC(C#N)c1cccc(Oc2ccccc2)n1)C(C)C=C(F)F. The summed E-state index contributed by atoms with van der Waals surface area (Å²) < 4.78 is 36.2. The van der Waals surface area contributed by atoms with Crippen LogP contribution in [-0.2, 0) is 9.53 Å². The normalized spacial score (nSPS) is 13.7. The fourth-order valence-corrected chi connectivity index (χ4v) is 2.99. The Kier molecular flexibility index (Phi) is 7.84. The molecule has 0 saturated carbocycles. The summed E-state index contributed by atoms with van der Waals surface area (Å²) in [4.78, 5) is 16.9. The van der Waals surface area contributed by atoms with Gasteiger partial charge in [-0.2, -0.15) is 14.0 Å². The molecule has 3 unspecified atom stereocenters. The van der Waals surface area contributed by atoms with Gasteiger partial charge < -0.3 is 9.47 Å². The van der Waals surface area contributed by atoms with Gasteiger partial charge in [-0.15, -0.1) is 0 Å². The Morgan fingerprint density at radius 1 is 1.10 bits per heavy atom. The molecule has 1 aromatic carbocycles. The van der Waals surface area contributed by atoms with E-state index in [0.717, 1.165) is 6.08 Å². The quantitative estimate of drug-likeness (QED) is 0.534. The van der Waals surface area contributed by atoms with Crippen LogP contribution in [0, 0.1) is 29.1 Å². The summed E-state index contributed by atoms with van der Waals surface area (Å²) in [6.07, 6.45) is -2.42. The third-order valence-corrected chi connectivity index (χ3v) is 4.28. The lowest BCUT2D eigenvalue weighted by molar-refractivity contribution is -0.155. The zero-order valence-electron chi connectivity index (χ0n) is 16.4. The molecular weight excluding hydrogens is 378 g/mol. The Morgan fingerprint density at radius 3 is 2.38 bits per heavy atom. The zero-order chi connectivity index (χ0) is 21.4. The predicted octanol–water partition coefficient (Wildman–Crippen LogP) is 5.67. The number of carbonyl (C=O) groups is 1. The maximum atomic E-state index is 12.6. The van der Waals surface area contributed by atoms with Crippen molar-refractivity contribution in [2.24, 2.45) is 17.8 Å². The number of pyridine rings is 1. The molecular formula is C22H22F2N2O3. The van der Waals surface area contributed by atoms with Gasteiger partial charge in [0, 0.05) is 6.07 Å². The lowest BCUT2D eigenvalue weighted by Gasteiger charge is -2.24. The van der Waals surface area contributed by atoms with E-state index < -0.39 is 30.0 Å². The van der Waals surface area contributed by atoms with E-state index in [4.69, 9.17) is 9.47 Å². The molecule has 0 aliphatic heterocycles. The number of carbonyl (C=O) groups excluding carboxylic acids is 1. The van der Waals surface area contributed by atoms with Crippen molar-refractivity contribution in [2.75, 3.05) is 0 Å².